The highest BCUT2D eigenvalue weighted by molar-refractivity contribution is 5.69. The van der Waals surface area contributed by atoms with Crippen molar-refractivity contribution in [2.24, 2.45) is 0 Å². The largest absolute Gasteiger partial charge is 0.418 e. The van der Waals surface area contributed by atoms with Gasteiger partial charge < -0.3 is 10.6 Å². The molecule has 1 aromatic heterocycles. The van der Waals surface area contributed by atoms with Crippen molar-refractivity contribution in [3.63, 3.8) is 0 Å². The summed E-state index contributed by atoms with van der Waals surface area (Å²) < 4.78 is 54.0. The maximum absolute atomic E-state index is 14.2. The molecule has 0 spiro atoms. The van der Waals surface area contributed by atoms with Gasteiger partial charge in [-0.2, -0.15) is 18.2 Å². The lowest BCUT2D eigenvalue weighted by Gasteiger charge is -2.16. The fraction of sp³-hybridized carbons (Fsp3) is 0.200. The zero-order chi connectivity index (χ0) is 20.3. The van der Waals surface area contributed by atoms with Crippen LogP contribution in [0.3, 0.4) is 0 Å². The summed E-state index contributed by atoms with van der Waals surface area (Å²) in [5.41, 5.74) is -0.538. The number of hydrogen-bond donors (Lipinski definition) is 2. The van der Waals surface area contributed by atoms with Crippen LogP contribution in [0.2, 0.25) is 0 Å². The van der Waals surface area contributed by atoms with Gasteiger partial charge in [0.2, 0.25) is 5.95 Å². The molecule has 0 unspecified atom stereocenters. The van der Waals surface area contributed by atoms with E-state index in [0.717, 1.165) is 23.8 Å². The van der Waals surface area contributed by atoms with Gasteiger partial charge in [-0.15, -0.1) is 0 Å². The SMILES string of the molecule is CC(C)Nc1nc(Nc2c(F)cccc2C(F)(F)F)cc(-c2ccccc2)n1. The van der Waals surface area contributed by atoms with Gasteiger partial charge in [0, 0.05) is 17.7 Å². The van der Waals surface area contributed by atoms with E-state index < -0.39 is 23.2 Å². The lowest BCUT2D eigenvalue weighted by atomic mass is 10.1. The molecular formula is C20H18F4N4. The molecule has 0 saturated heterocycles. The van der Waals surface area contributed by atoms with Gasteiger partial charge in [0.05, 0.1) is 16.9 Å². The summed E-state index contributed by atoms with van der Waals surface area (Å²) in [6, 6.07) is 13.4. The molecule has 8 heteroatoms. The van der Waals surface area contributed by atoms with Crippen LogP contribution in [0.15, 0.2) is 54.6 Å². The average Bonchev–Trinajstić information content (AvgIpc) is 2.62. The van der Waals surface area contributed by atoms with Crippen LogP contribution in [-0.4, -0.2) is 16.0 Å². The number of hydrogen-bond acceptors (Lipinski definition) is 4. The molecule has 1 heterocycles. The Morgan fingerprint density at radius 3 is 2.29 bits per heavy atom. The maximum Gasteiger partial charge on any atom is 0.418 e. The van der Waals surface area contributed by atoms with Crippen molar-refractivity contribution in [1.29, 1.82) is 0 Å². The van der Waals surface area contributed by atoms with Crippen LogP contribution in [0.5, 0.6) is 0 Å². The summed E-state index contributed by atoms with van der Waals surface area (Å²) in [6.07, 6.45) is -4.71. The Morgan fingerprint density at radius 2 is 1.64 bits per heavy atom. The first-order chi connectivity index (χ1) is 13.2. The molecule has 2 aromatic carbocycles. The topological polar surface area (TPSA) is 49.8 Å². The maximum atomic E-state index is 14.2. The molecule has 146 valence electrons. The molecule has 0 atom stereocenters. The highest BCUT2D eigenvalue weighted by Crippen LogP contribution is 2.37. The Labute approximate surface area is 159 Å². The molecule has 0 aliphatic heterocycles. The standard InChI is InChI=1S/C20H18F4N4/c1-12(2)25-19-26-16(13-7-4-3-5-8-13)11-17(28-19)27-18-14(20(22,23)24)9-6-10-15(18)21/h3-12H,1-2H3,(H2,25,26,27,28). The molecule has 0 bridgehead atoms. The quantitative estimate of drug-likeness (QED) is 0.536. The van der Waals surface area contributed by atoms with Crippen molar-refractivity contribution in [1.82, 2.24) is 9.97 Å². The smallest absolute Gasteiger partial charge is 0.352 e. The molecule has 0 amide bonds. The molecule has 0 aliphatic carbocycles. The lowest BCUT2D eigenvalue weighted by molar-refractivity contribution is -0.137. The zero-order valence-corrected chi connectivity index (χ0v) is 15.2. The summed E-state index contributed by atoms with van der Waals surface area (Å²) in [5, 5.41) is 5.51. The number of nitrogens with zero attached hydrogens (tertiary/aromatic N) is 2. The fourth-order valence-corrected chi connectivity index (χ4v) is 2.61. The van der Waals surface area contributed by atoms with E-state index in [4.69, 9.17) is 0 Å². The number of halogens is 4. The van der Waals surface area contributed by atoms with Gasteiger partial charge in [0.25, 0.3) is 0 Å². The van der Waals surface area contributed by atoms with E-state index >= 15 is 0 Å². The monoisotopic (exact) mass is 390 g/mol. The second-order valence-electron chi connectivity index (χ2n) is 6.41. The number of alkyl halides is 3. The minimum Gasteiger partial charge on any atom is -0.352 e. The number of benzene rings is 2. The first-order valence-corrected chi connectivity index (χ1v) is 8.58. The molecule has 0 radical (unpaired) electrons. The van der Waals surface area contributed by atoms with Crippen LogP contribution < -0.4 is 10.6 Å². The first-order valence-electron chi connectivity index (χ1n) is 8.58. The molecule has 2 N–H and O–H groups in total. The van der Waals surface area contributed by atoms with Gasteiger partial charge in [0.1, 0.15) is 11.6 Å². The Morgan fingerprint density at radius 1 is 0.929 bits per heavy atom. The molecule has 28 heavy (non-hydrogen) atoms. The van der Waals surface area contributed by atoms with Crippen molar-refractivity contribution >= 4 is 17.5 Å². The minimum absolute atomic E-state index is 0.00179. The second-order valence-corrected chi connectivity index (χ2v) is 6.41. The fourth-order valence-electron chi connectivity index (χ4n) is 2.61. The number of para-hydroxylation sites is 1. The van der Waals surface area contributed by atoms with E-state index in [-0.39, 0.29) is 17.8 Å². The molecular weight excluding hydrogens is 372 g/mol. The van der Waals surface area contributed by atoms with Gasteiger partial charge in [-0.25, -0.2) is 9.37 Å². The third-order valence-electron chi connectivity index (χ3n) is 3.79. The summed E-state index contributed by atoms with van der Waals surface area (Å²) in [5.74, 6) is -0.746. The first kappa shape index (κ1) is 19.6. The van der Waals surface area contributed by atoms with E-state index in [2.05, 4.69) is 20.6 Å². The Bertz CT molecular complexity index is 956. The van der Waals surface area contributed by atoms with Crippen molar-refractivity contribution in [3.8, 4) is 11.3 Å². The molecule has 0 aliphatic rings. The van der Waals surface area contributed by atoms with Crippen LogP contribution >= 0.6 is 0 Å². The molecule has 0 fully saturated rings. The van der Waals surface area contributed by atoms with Gasteiger partial charge in [0.15, 0.2) is 0 Å². The third kappa shape index (κ3) is 4.57. The lowest BCUT2D eigenvalue weighted by Crippen LogP contribution is -2.14. The van der Waals surface area contributed by atoms with Crippen LogP contribution in [0, 0.1) is 5.82 Å². The normalized spacial score (nSPS) is 11.5. The van der Waals surface area contributed by atoms with Crippen LogP contribution in [-0.2, 0) is 6.18 Å². The Hall–Kier alpha value is -3.16. The number of nitrogens with one attached hydrogen (secondary N) is 2. The van der Waals surface area contributed by atoms with E-state index in [1.807, 2.05) is 44.2 Å². The van der Waals surface area contributed by atoms with E-state index in [1.165, 1.54) is 6.07 Å². The number of anilines is 3. The minimum atomic E-state index is -4.71. The van der Waals surface area contributed by atoms with E-state index in [9.17, 15) is 17.6 Å². The summed E-state index contributed by atoms with van der Waals surface area (Å²) in [6.45, 7) is 3.76. The summed E-state index contributed by atoms with van der Waals surface area (Å²) >= 11 is 0. The molecule has 0 saturated carbocycles. The van der Waals surface area contributed by atoms with Gasteiger partial charge >= 0.3 is 6.18 Å². The van der Waals surface area contributed by atoms with Gasteiger partial charge in [-0.1, -0.05) is 36.4 Å². The highest BCUT2D eigenvalue weighted by atomic mass is 19.4. The Balaban J connectivity index is 2.08. The van der Waals surface area contributed by atoms with Crippen molar-refractivity contribution < 1.29 is 17.6 Å². The predicted octanol–water partition coefficient (Wildman–Crippen LogP) is 5.87. The number of rotatable bonds is 5. The van der Waals surface area contributed by atoms with Crippen LogP contribution in [0.4, 0.5) is 35.0 Å². The molecule has 4 nitrogen and oxygen atoms in total. The van der Waals surface area contributed by atoms with E-state index in [1.54, 1.807) is 0 Å². The van der Waals surface area contributed by atoms with Gasteiger partial charge in [-0.05, 0) is 26.0 Å². The van der Waals surface area contributed by atoms with E-state index in [0.29, 0.717) is 5.69 Å². The van der Waals surface area contributed by atoms with Crippen LogP contribution in [0.25, 0.3) is 11.3 Å². The Kier molecular flexibility index (Phi) is 5.48. The third-order valence-corrected chi connectivity index (χ3v) is 3.79. The van der Waals surface area contributed by atoms with Gasteiger partial charge in [-0.3, -0.25) is 0 Å². The molecule has 3 aromatic rings. The zero-order valence-electron chi connectivity index (χ0n) is 15.2. The van der Waals surface area contributed by atoms with Crippen molar-refractivity contribution in [2.75, 3.05) is 10.6 Å². The molecule has 3 rings (SSSR count). The number of aromatic nitrogens is 2. The van der Waals surface area contributed by atoms with Crippen molar-refractivity contribution in [3.05, 3.63) is 66.0 Å². The highest BCUT2D eigenvalue weighted by Gasteiger charge is 2.35. The average molecular weight is 390 g/mol. The van der Waals surface area contributed by atoms with Crippen molar-refractivity contribution in [2.45, 2.75) is 26.1 Å². The summed E-state index contributed by atoms with van der Waals surface area (Å²) in [4.78, 5) is 8.59. The summed E-state index contributed by atoms with van der Waals surface area (Å²) in [7, 11) is 0. The predicted molar refractivity (Wildman–Crippen MR) is 101 cm³/mol. The second kappa shape index (κ2) is 7.84. The van der Waals surface area contributed by atoms with Crippen LogP contribution in [0.1, 0.15) is 19.4 Å².